The van der Waals surface area contributed by atoms with Crippen molar-refractivity contribution in [2.24, 2.45) is 5.16 Å². The molecule has 1 aliphatic heterocycles. The second-order valence-corrected chi connectivity index (χ2v) is 11.0. The summed E-state index contributed by atoms with van der Waals surface area (Å²) in [6.07, 6.45) is -0.125. The quantitative estimate of drug-likeness (QED) is 0.0673. The van der Waals surface area contributed by atoms with Gasteiger partial charge in [-0.2, -0.15) is 15.1 Å². The third-order valence-corrected chi connectivity index (χ3v) is 7.59. The van der Waals surface area contributed by atoms with Crippen molar-refractivity contribution in [3.8, 4) is 35.1 Å². The lowest BCUT2D eigenvalue weighted by molar-refractivity contribution is -0.183. The molecule has 0 saturated carbocycles. The summed E-state index contributed by atoms with van der Waals surface area (Å²) in [5.74, 6) is -7.73. The summed E-state index contributed by atoms with van der Waals surface area (Å²) >= 11 is 0. The minimum Gasteiger partial charge on any atom is -0.493 e. The standard InChI is InChI=1S/C36H28FN5O14/c1-5-52-34(47)36(37)32(56-39-18-23-10-7-13-53-23)41-35(48)42(33(36)46)29(43)19-8-6-9-20(14-19)30(44)55-28-21(17-38)11-12-26(40-28)54-31(45)22-15-24(49-2)27(51-4)25(16-22)50-3/h6-16,18,32H,5H2,1-4H3,(H,41,48)/b39-18+. The van der Waals surface area contributed by atoms with Crippen LogP contribution in [0.3, 0.4) is 0 Å². The zero-order valence-electron chi connectivity index (χ0n) is 29.6. The normalized spacial score (nSPS) is 16.3. The van der Waals surface area contributed by atoms with Crippen LogP contribution in [0.4, 0.5) is 9.18 Å². The van der Waals surface area contributed by atoms with Crippen LogP contribution in [0.15, 0.2) is 76.5 Å². The van der Waals surface area contributed by atoms with Gasteiger partial charge in [0.2, 0.25) is 17.5 Å². The number of hydrogen-bond donors (Lipinski definition) is 1. The number of imide groups is 3. The van der Waals surface area contributed by atoms with Crippen molar-refractivity contribution in [1.82, 2.24) is 15.2 Å². The summed E-state index contributed by atoms with van der Waals surface area (Å²) in [4.78, 5) is 87.7. The van der Waals surface area contributed by atoms with Gasteiger partial charge in [-0.1, -0.05) is 11.2 Å². The van der Waals surface area contributed by atoms with Crippen molar-refractivity contribution in [3.05, 3.63) is 94.9 Å². The number of aromatic nitrogens is 1. The number of hydrogen-bond acceptors (Lipinski definition) is 17. The molecule has 0 radical (unpaired) electrons. The zero-order valence-corrected chi connectivity index (χ0v) is 29.6. The van der Waals surface area contributed by atoms with E-state index in [-0.39, 0.29) is 44.6 Å². The summed E-state index contributed by atoms with van der Waals surface area (Å²) in [5, 5.41) is 15.0. The molecule has 0 bridgehead atoms. The van der Waals surface area contributed by atoms with E-state index in [0.717, 1.165) is 42.6 Å². The fraction of sp³-hybridized carbons (Fsp3) is 0.194. The molecular weight excluding hydrogens is 745 g/mol. The smallest absolute Gasteiger partial charge is 0.360 e. The average molecular weight is 774 g/mol. The number of urea groups is 1. The average Bonchev–Trinajstić information content (AvgIpc) is 3.73. The van der Waals surface area contributed by atoms with Crippen LogP contribution in [0.5, 0.6) is 29.0 Å². The van der Waals surface area contributed by atoms with Crippen molar-refractivity contribution in [2.75, 3.05) is 27.9 Å². The lowest BCUT2D eigenvalue weighted by Crippen LogP contribution is -2.72. The number of oxime groups is 1. The molecule has 288 valence electrons. The molecule has 1 N–H and O–H groups in total. The van der Waals surface area contributed by atoms with Crippen molar-refractivity contribution in [1.29, 1.82) is 5.26 Å². The van der Waals surface area contributed by atoms with Crippen molar-refractivity contribution >= 4 is 42.0 Å². The van der Waals surface area contributed by atoms with E-state index in [9.17, 15) is 34.0 Å². The third kappa shape index (κ3) is 7.91. The van der Waals surface area contributed by atoms with Gasteiger partial charge in [-0.25, -0.2) is 23.6 Å². The minimum absolute atomic E-state index is 0.0413. The van der Waals surface area contributed by atoms with Gasteiger partial charge in [-0.3, -0.25) is 14.9 Å². The van der Waals surface area contributed by atoms with Gasteiger partial charge in [0, 0.05) is 11.6 Å². The summed E-state index contributed by atoms with van der Waals surface area (Å²) < 4.78 is 52.5. The Labute approximate surface area is 315 Å². The number of methoxy groups -OCH3 is 3. The fourth-order valence-corrected chi connectivity index (χ4v) is 4.92. The molecule has 4 aromatic rings. The van der Waals surface area contributed by atoms with Gasteiger partial charge in [0.1, 0.15) is 23.6 Å². The van der Waals surface area contributed by atoms with Gasteiger partial charge in [0.05, 0.1) is 45.3 Å². The van der Waals surface area contributed by atoms with Crippen molar-refractivity contribution in [3.63, 3.8) is 0 Å². The van der Waals surface area contributed by atoms with Crippen LogP contribution >= 0.6 is 0 Å². The van der Waals surface area contributed by atoms with Crippen LogP contribution in [0, 0.1) is 11.3 Å². The van der Waals surface area contributed by atoms with Gasteiger partial charge >= 0.3 is 29.6 Å². The van der Waals surface area contributed by atoms with E-state index in [1.165, 1.54) is 58.8 Å². The number of nitriles is 1. The Morgan fingerprint density at radius 3 is 2.29 bits per heavy atom. The number of pyridine rings is 1. The lowest BCUT2D eigenvalue weighted by atomic mass is 9.99. The summed E-state index contributed by atoms with van der Waals surface area (Å²) in [5.41, 5.74) is -5.02. The van der Waals surface area contributed by atoms with Crippen molar-refractivity contribution < 1.29 is 70.8 Å². The Balaban J connectivity index is 1.36. The maximum absolute atomic E-state index is 16.4. The van der Waals surface area contributed by atoms with Gasteiger partial charge in [-0.05, 0) is 55.5 Å². The molecule has 1 saturated heterocycles. The Kier molecular flexibility index (Phi) is 11.9. The number of benzene rings is 2. The SMILES string of the molecule is CCOC(=O)C1(F)C(=O)N(C(=O)c2cccc(C(=O)Oc3nc(OC(=O)c4cc(OC)c(OC)c(OC)c4)ccc3C#N)c2)C(=O)NC1O/N=C/c1ccco1. The Morgan fingerprint density at radius 2 is 1.66 bits per heavy atom. The van der Waals surface area contributed by atoms with Crippen LogP contribution < -0.4 is 29.0 Å². The second-order valence-electron chi connectivity index (χ2n) is 11.0. The van der Waals surface area contributed by atoms with E-state index in [1.54, 1.807) is 6.07 Å². The fourth-order valence-electron chi connectivity index (χ4n) is 4.92. The van der Waals surface area contributed by atoms with Crippen LogP contribution in [0.2, 0.25) is 0 Å². The first-order chi connectivity index (χ1) is 26.9. The Bertz CT molecular complexity index is 2250. The molecule has 19 nitrogen and oxygen atoms in total. The van der Waals surface area contributed by atoms with Crippen LogP contribution in [0.1, 0.15) is 49.3 Å². The molecule has 0 spiro atoms. The molecule has 3 heterocycles. The van der Waals surface area contributed by atoms with Gasteiger partial charge in [0.15, 0.2) is 11.5 Å². The molecule has 4 amide bonds. The highest BCUT2D eigenvalue weighted by atomic mass is 19.1. The highest BCUT2D eigenvalue weighted by molar-refractivity contribution is 6.24. The van der Waals surface area contributed by atoms with E-state index in [1.807, 2.05) is 5.32 Å². The first-order valence-electron chi connectivity index (χ1n) is 15.9. The highest BCUT2D eigenvalue weighted by Crippen LogP contribution is 2.38. The number of alkyl halides is 1. The lowest BCUT2D eigenvalue weighted by Gasteiger charge is -2.37. The molecule has 1 aliphatic rings. The molecule has 20 heteroatoms. The number of nitrogens with zero attached hydrogens (tertiary/aromatic N) is 4. The molecule has 2 unspecified atom stereocenters. The van der Waals surface area contributed by atoms with Crippen LogP contribution in [-0.4, -0.2) is 91.7 Å². The van der Waals surface area contributed by atoms with E-state index >= 15 is 4.39 Å². The molecule has 2 aromatic carbocycles. The summed E-state index contributed by atoms with van der Waals surface area (Å²) in [7, 11) is 4.07. The summed E-state index contributed by atoms with van der Waals surface area (Å²) in [6.45, 7) is 0.925. The van der Waals surface area contributed by atoms with E-state index in [0.29, 0.717) is 0 Å². The first kappa shape index (κ1) is 39.4. The first-order valence-corrected chi connectivity index (χ1v) is 15.9. The largest absolute Gasteiger partial charge is 0.493 e. The second kappa shape index (κ2) is 16.9. The highest BCUT2D eigenvalue weighted by Gasteiger charge is 2.65. The monoisotopic (exact) mass is 773 g/mol. The summed E-state index contributed by atoms with van der Waals surface area (Å²) in [6, 6.07) is 12.4. The topological polar surface area (TPSA) is 244 Å². The van der Waals surface area contributed by atoms with Gasteiger partial charge in [0.25, 0.3) is 18.0 Å². The molecule has 56 heavy (non-hydrogen) atoms. The molecule has 0 aliphatic carbocycles. The van der Waals surface area contributed by atoms with Crippen LogP contribution in [0.25, 0.3) is 0 Å². The molecule has 2 atom stereocenters. The van der Waals surface area contributed by atoms with Crippen molar-refractivity contribution in [2.45, 2.75) is 18.8 Å². The predicted octanol–water partition coefficient (Wildman–Crippen LogP) is 3.35. The van der Waals surface area contributed by atoms with E-state index < -0.39 is 71.6 Å². The van der Waals surface area contributed by atoms with Crippen LogP contribution in [-0.2, 0) is 19.2 Å². The third-order valence-electron chi connectivity index (χ3n) is 7.59. The number of esters is 3. The maximum atomic E-state index is 16.4. The number of carbonyl (C=O) groups is 6. The van der Waals surface area contributed by atoms with Gasteiger partial charge in [-0.15, -0.1) is 0 Å². The van der Waals surface area contributed by atoms with E-state index in [4.69, 9.17) is 37.7 Å². The minimum atomic E-state index is -3.81. The Hall–Kier alpha value is -7.82. The maximum Gasteiger partial charge on any atom is 0.360 e. The molecular formula is C36H28FN5O14. The molecule has 5 rings (SSSR count). The number of ether oxygens (including phenoxy) is 6. The van der Waals surface area contributed by atoms with Gasteiger partial charge < -0.3 is 37.7 Å². The number of carbonyl (C=O) groups excluding carboxylic acids is 6. The van der Waals surface area contributed by atoms with E-state index in [2.05, 4.69) is 10.1 Å². The Morgan fingerprint density at radius 1 is 0.964 bits per heavy atom. The number of rotatable bonds is 13. The molecule has 2 aromatic heterocycles. The number of nitrogens with one attached hydrogen (secondary N) is 1. The number of amides is 4. The molecule has 1 fully saturated rings. The number of halogens is 1. The number of furan rings is 1. The zero-order chi connectivity index (χ0) is 40.6. The predicted molar refractivity (Wildman–Crippen MR) is 183 cm³/mol.